The number of hydrogen-bond donors (Lipinski definition) is 0. The molecule has 0 radical (unpaired) electrons. The van der Waals surface area contributed by atoms with Crippen LogP contribution in [0.2, 0.25) is 0 Å². The number of nitrogens with zero attached hydrogens (tertiary/aromatic N) is 3. The molecule has 2 aromatic heterocycles. The first-order valence-corrected chi connectivity index (χ1v) is 14.2. The minimum atomic E-state index is -0.715. The molecule has 9 heteroatoms. The number of rotatable bonds is 9. The van der Waals surface area contributed by atoms with Crippen molar-refractivity contribution >= 4 is 27.8 Å². The number of ether oxygens (including phenoxy) is 3. The lowest BCUT2D eigenvalue weighted by Gasteiger charge is -2.32. The second-order valence-corrected chi connectivity index (χ2v) is 11.9. The monoisotopic (exact) mass is 575 g/mol. The predicted molar refractivity (Wildman–Crippen MR) is 165 cm³/mol. The molecule has 2 aromatic carbocycles. The van der Waals surface area contributed by atoms with Crippen molar-refractivity contribution in [2.75, 3.05) is 14.2 Å². The highest BCUT2D eigenvalue weighted by molar-refractivity contribution is 6.08. The van der Waals surface area contributed by atoms with Crippen LogP contribution in [-0.4, -0.2) is 46.6 Å². The fraction of sp³-hybridized carbons (Fsp3) is 0.424. The zero-order valence-corrected chi connectivity index (χ0v) is 26.0. The first kappa shape index (κ1) is 30.7. The molecule has 42 heavy (non-hydrogen) atoms. The fourth-order valence-electron chi connectivity index (χ4n) is 5.17. The number of methoxy groups -OCH3 is 2. The Bertz CT molecular complexity index is 1640. The van der Waals surface area contributed by atoms with Gasteiger partial charge in [-0.3, -0.25) is 14.3 Å². The van der Waals surface area contributed by atoms with E-state index in [1.165, 1.54) is 12.2 Å². The van der Waals surface area contributed by atoms with Gasteiger partial charge in [0.1, 0.15) is 11.4 Å². The summed E-state index contributed by atoms with van der Waals surface area (Å²) >= 11 is 0. The van der Waals surface area contributed by atoms with Crippen molar-refractivity contribution in [3.63, 3.8) is 0 Å². The number of aromatic nitrogens is 2. The van der Waals surface area contributed by atoms with Crippen molar-refractivity contribution in [1.82, 2.24) is 14.6 Å². The summed E-state index contributed by atoms with van der Waals surface area (Å²) in [5.74, 6) is 1.66. The van der Waals surface area contributed by atoms with Gasteiger partial charge in [-0.2, -0.15) is 0 Å². The van der Waals surface area contributed by atoms with Gasteiger partial charge < -0.3 is 19.0 Å². The third-order valence-electron chi connectivity index (χ3n) is 6.94. The quantitative estimate of drug-likeness (QED) is 0.159. The lowest BCUT2D eigenvalue weighted by molar-refractivity contribution is -0.0975. The fourth-order valence-corrected chi connectivity index (χ4v) is 5.17. The first-order valence-electron chi connectivity index (χ1n) is 14.2. The molecule has 0 fully saturated rings. The summed E-state index contributed by atoms with van der Waals surface area (Å²) in [4.78, 5) is 38.2. The van der Waals surface area contributed by atoms with E-state index in [1.807, 2.05) is 71.0 Å². The minimum Gasteiger partial charge on any atom is -0.497 e. The highest BCUT2D eigenvalue weighted by Crippen LogP contribution is 2.39. The van der Waals surface area contributed by atoms with E-state index in [1.54, 1.807) is 23.9 Å². The van der Waals surface area contributed by atoms with Crippen LogP contribution in [0.5, 0.6) is 17.2 Å². The van der Waals surface area contributed by atoms with Gasteiger partial charge in [-0.05, 0) is 82.9 Å². The molecular weight excluding hydrogens is 534 g/mol. The van der Waals surface area contributed by atoms with Gasteiger partial charge in [0, 0.05) is 17.0 Å². The number of carbonyl (C=O) groups is 1. The van der Waals surface area contributed by atoms with Crippen LogP contribution in [0.4, 0.5) is 4.79 Å². The molecule has 0 aliphatic carbocycles. The van der Waals surface area contributed by atoms with Gasteiger partial charge in [0.15, 0.2) is 11.5 Å². The van der Waals surface area contributed by atoms with E-state index < -0.39 is 11.7 Å². The van der Waals surface area contributed by atoms with Crippen molar-refractivity contribution < 1.29 is 23.8 Å². The first-order chi connectivity index (χ1) is 19.8. The van der Waals surface area contributed by atoms with E-state index in [4.69, 9.17) is 19.0 Å². The molecule has 1 atom stereocenters. The van der Waals surface area contributed by atoms with Crippen LogP contribution < -0.4 is 19.9 Å². The van der Waals surface area contributed by atoms with Gasteiger partial charge in [-0.1, -0.05) is 26.0 Å². The van der Waals surface area contributed by atoms with Crippen LogP contribution in [0, 0.1) is 12.8 Å². The summed E-state index contributed by atoms with van der Waals surface area (Å²) in [6, 6.07) is 12.7. The molecule has 4 aromatic rings. The Morgan fingerprint density at radius 3 is 2.26 bits per heavy atom. The van der Waals surface area contributed by atoms with Crippen molar-refractivity contribution in [3.8, 4) is 17.2 Å². The number of pyridine rings is 2. The van der Waals surface area contributed by atoms with Gasteiger partial charge in [-0.25, -0.2) is 4.79 Å². The Morgan fingerprint density at radius 1 is 0.976 bits per heavy atom. The van der Waals surface area contributed by atoms with Gasteiger partial charge in [0.05, 0.1) is 43.4 Å². The molecule has 0 aliphatic rings. The molecule has 0 saturated carbocycles. The summed E-state index contributed by atoms with van der Waals surface area (Å²) in [6.07, 6.45) is 1.78. The van der Waals surface area contributed by atoms with Crippen molar-refractivity contribution in [2.24, 2.45) is 5.92 Å². The average Bonchev–Trinajstić information content (AvgIpc) is 2.92. The highest BCUT2D eigenvalue weighted by atomic mass is 16.7. The summed E-state index contributed by atoms with van der Waals surface area (Å²) in [5, 5.41) is 3.35. The topological polar surface area (TPSA) is 92.1 Å². The molecule has 1 unspecified atom stereocenters. The van der Waals surface area contributed by atoms with Crippen LogP contribution in [0.3, 0.4) is 0 Å². The Labute approximate surface area is 246 Å². The van der Waals surface area contributed by atoms with E-state index in [2.05, 4.69) is 18.8 Å². The predicted octanol–water partition coefficient (Wildman–Crippen LogP) is 6.89. The molecule has 0 N–H and O–H groups in total. The molecule has 0 spiro atoms. The van der Waals surface area contributed by atoms with E-state index in [0.29, 0.717) is 40.4 Å². The number of hydrogen-bond acceptors (Lipinski definition) is 7. The zero-order chi connectivity index (χ0) is 30.8. The molecule has 1 amide bonds. The normalized spacial score (nSPS) is 12.4. The maximum absolute atomic E-state index is 14.1. The number of hydroxylamine groups is 2. The molecule has 4 rings (SSSR count). The number of fused-ring (bicyclic) bond motifs is 3. The zero-order valence-electron chi connectivity index (χ0n) is 26.0. The molecular formula is C33H41N3O6. The van der Waals surface area contributed by atoms with Crippen LogP contribution in [0.25, 0.3) is 21.7 Å². The lowest BCUT2D eigenvalue weighted by Crippen LogP contribution is -2.44. The number of aryl methyl sites for hydroxylation is 1. The molecule has 0 bridgehead atoms. The second-order valence-electron chi connectivity index (χ2n) is 11.9. The Balaban J connectivity index is 1.94. The van der Waals surface area contributed by atoms with E-state index in [9.17, 15) is 9.59 Å². The SMILES string of the molecule is COc1ccc(Cn2c(=O)c3c(C)nccc3c3ccc(ON(C(=O)OC(C)(C)C)C(C)CC(C)C)c(OC)c32)cc1. The summed E-state index contributed by atoms with van der Waals surface area (Å²) in [7, 11) is 3.14. The third-order valence-corrected chi connectivity index (χ3v) is 6.94. The number of benzene rings is 2. The average molecular weight is 576 g/mol. The van der Waals surface area contributed by atoms with Gasteiger partial charge in [0.25, 0.3) is 5.56 Å². The largest absolute Gasteiger partial charge is 0.497 e. The summed E-state index contributed by atoms with van der Waals surface area (Å²) < 4.78 is 18.6. The third kappa shape index (κ3) is 6.45. The molecule has 2 heterocycles. The Morgan fingerprint density at radius 2 is 1.67 bits per heavy atom. The van der Waals surface area contributed by atoms with E-state index in [-0.39, 0.29) is 18.1 Å². The van der Waals surface area contributed by atoms with E-state index >= 15 is 0 Å². The van der Waals surface area contributed by atoms with Crippen molar-refractivity contribution in [2.45, 2.75) is 73.1 Å². The van der Waals surface area contributed by atoms with Crippen molar-refractivity contribution in [3.05, 3.63) is 70.3 Å². The number of carbonyl (C=O) groups excluding carboxylic acids is 1. The maximum atomic E-state index is 14.1. The standard InChI is InChI=1S/C33H41N3O6/c1-20(2)18-21(3)36(32(38)41-33(5,6)7)42-27-15-14-26-25-16-17-34-22(4)28(25)31(37)35(29(26)30(27)40-9)19-23-10-12-24(39-8)13-11-23/h10-17,20-21H,18-19H2,1-9H3. The van der Waals surface area contributed by atoms with Crippen LogP contribution >= 0.6 is 0 Å². The van der Waals surface area contributed by atoms with Gasteiger partial charge in [-0.15, -0.1) is 5.06 Å². The Kier molecular flexibility index (Phi) is 8.99. The molecule has 9 nitrogen and oxygen atoms in total. The smallest absolute Gasteiger partial charge is 0.443 e. The molecule has 0 saturated heterocycles. The van der Waals surface area contributed by atoms with Crippen LogP contribution in [-0.2, 0) is 11.3 Å². The highest BCUT2D eigenvalue weighted by Gasteiger charge is 2.30. The minimum absolute atomic E-state index is 0.202. The van der Waals surface area contributed by atoms with Crippen LogP contribution in [0.15, 0.2) is 53.5 Å². The van der Waals surface area contributed by atoms with Crippen molar-refractivity contribution in [1.29, 1.82) is 0 Å². The molecule has 224 valence electrons. The Hall–Kier alpha value is -4.27. The molecule has 0 aliphatic heterocycles. The second kappa shape index (κ2) is 12.3. The van der Waals surface area contributed by atoms with Gasteiger partial charge in [0.2, 0.25) is 0 Å². The maximum Gasteiger partial charge on any atom is 0.443 e. The summed E-state index contributed by atoms with van der Waals surface area (Å²) in [6.45, 7) is 13.6. The number of amides is 1. The lowest BCUT2D eigenvalue weighted by atomic mass is 10.0. The van der Waals surface area contributed by atoms with E-state index in [0.717, 1.165) is 22.1 Å². The van der Waals surface area contributed by atoms with Gasteiger partial charge >= 0.3 is 6.09 Å². The summed E-state index contributed by atoms with van der Waals surface area (Å²) in [5.41, 5.74) is 1.17. The van der Waals surface area contributed by atoms with Crippen LogP contribution in [0.1, 0.15) is 59.2 Å².